The van der Waals surface area contributed by atoms with Gasteiger partial charge < -0.3 is 40.3 Å². The Hall–Kier alpha value is -5.24. The Morgan fingerprint density at radius 3 is 2.54 bits per heavy atom. The summed E-state index contributed by atoms with van der Waals surface area (Å²) in [5, 5.41) is 10.5. The molecule has 14 heteroatoms. The minimum atomic E-state index is -1.05. The summed E-state index contributed by atoms with van der Waals surface area (Å²) in [5.74, 6) is -2.45. The van der Waals surface area contributed by atoms with Crippen molar-refractivity contribution < 1.29 is 33.1 Å². The molecule has 0 bridgehead atoms. The molecule has 13 nitrogen and oxygen atoms in total. The summed E-state index contributed by atoms with van der Waals surface area (Å²) in [6, 6.07) is 14.4. The summed E-state index contributed by atoms with van der Waals surface area (Å²) in [6.07, 6.45) is 0.177. The summed E-state index contributed by atoms with van der Waals surface area (Å²) in [6.45, 7) is 0.728. The van der Waals surface area contributed by atoms with E-state index in [9.17, 15) is 28.4 Å². The zero-order valence-electron chi connectivity index (χ0n) is 28.8. The second kappa shape index (κ2) is 16.0. The fourth-order valence-corrected chi connectivity index (χ4v) is 6.33. The van der Waals surface area contributed by atoms with Crippen LogP contribution in [0.1, 0.15) is 29.6 Å². The molecule has 3 atom stereocenters. The minimum Gasteiger partial charge on any atom is -0.491 e. The van der Waals surface area contributed by atoms with Crippen LogP contribution in [0.5, 0.6) is 5.75 Å². The van der Waals surface area contributed by atoms with Crippen LogP contribution in [0.25, 0.3) is 10.8 Å². The fourth-order valence-electron chi connectivity index (χ4n) is 6.33. The van der Waals surface area contributed by atoms with Crippen molar-refractivity contribution in [3.05, 3.63) is 72.0 Å². The van der Waals surface area contributed by atoms with Crippen molar-refractivity contribution in [1.29, 1.82) is 0 Å². The average molecular weight is 690 g/mol. The Bertz CT molecular complexity index is 1750. The molecule has 50 heavy (non-hydrogen) atoms. The highest BCUT2D eigenvalue weighted by Gasteiger charge is 2.38. The molecule has 2 aliphatic rings. The van der Waals surface area contributed by atoms with Crippen LogP contribution in [0.2, 0.25) is 0 Å². The number of carbonyl (C=O) groups is 5. The van der Waals surface area contributed by atoms with Crippen molar-refractivity contribution >= 4 is 46.1 Å². The molecular formula is C36H44FN7O6. The first-order valence-electron chi connectivity index (χ1n) is 16.6. The molecule has 5 rings (SSSR count). The van der Waals surface area contributed by atoms with Crippen LogP contribution in [0.4, 0.5) is 14.9 Å². The Balaban J connectivity index is 1.36. The first kappa shape index (κ1) is 36.1. The van der Waals surface area contributed by atoms with E-state index in [1.165, 1.54) is 36.0 Å². The topological polar surface area (TPSA) is 144 Å². The highest BCUT2D eigenvalue weighted by Crippen LogP contribution is 2.27. The van der Waals surface area contributed by atoms with E-state index in [1.54, 1.807) is 4.90 Å². The average Bonchev–Trinajstić information content (AvgIpc) is 3.49. The second-order valence-corrected chi connectivity index (χ2v) is 13.0. The molecule has 0 spiro atoms. The van der Waals surface area contributed by atoms with Gasteiger partial charge in [0.1, 0.15) is 24.2 Å². The van der Waals surface area contributed by atoms with Gasteiger partial charge in [-0.15, -0.1) is 0 Å². The highest BCUT2D eigenvalue weighted by molar-refractivity contribution is 6.02. The Labute approximate surface area is 290 Å². The van der Waals surface area contributed by atoms with Gasteiger partial charge in [0, 0.05) is 45.5 Å². The lowest BCUT2D eigenvalue weighted by Crippen LogP contribution is -2.49. The van der Waals surface area contributed by atoms with Crippen LogP contribution in [0, 0.1) is 5.82 Å². The molecule has 3 aromatic rings. The smallest absolute Gasteiger partial charge is 0.319 e. The number of ether oxygens (including phenoxy) is 1. The molecule has 0 saturated carbocycles. The molecule has 266 valence electrons. The predicted octanol–water partition coefficient (Wildman–Crippen LogP) is 2.52. The quantitative estimate of drug-likeness (QED) is 0.361. The van der Waals surface area contributed by atoms with Crippen LogP contribution in [0.15, 0.2) is 60.7 Å². The van der Waals surface area contributed by atoms with Gasteiger partial charge in [0.2, 0.25) is 17.7 Å². The standard InChI is InChI=1S/C36H44FN7O6/c1-41(2)17-16-38-34(47)30-13-15-32(45)42(3)21-33(46)44-20-25(39-36(49)40-29-11-7-9-23-8-5-6-10-27(23)29)19-26(44)22-50-31-14-12-24(37)18-28(31)35(48)43(30)4/h5-12,14,18,25-26,30H,13,15-17,19-22H2,1-4H3,(H,38,47)(H2,39,40,49). The van der Waals surface area contributed by atoms with Crippen molar-refractivity contribution in [3.63, 3.8) is 0 Å². The van der Waals surface area contributed by atoms with Crippen molar-refractivity contribution in [2.24, 2.45) is 0 Å². The summed E-state index contributed by atoms with van der Waals surface area (Å²) >= 11 is 0. The summed E-state index contributed by atoms with van der Waals surface area (Å²) in [7, 11) is 6.66. The molecule has 1 saturated heterocycles. The van der Waals surface area contributed by atoms with Gasteiger partial charge in [0.05, 0.1) is 29.9 Å². The third-order valence-corrected chi connectivity index (χ3v) is 9.09. The van der Waals surface area contributed by atoms with Gasteiger partial charge in [-0.3, -0.25) is 19.2 Å². The van der Waals surface area contributed by atoms with E-state index >= 15 is 0 Å². The lowest BCUT2D eigenvalue weighted by Gasteiger charge is -2.28. The number of halogens is 1. The molecule has 3 N–H and O–H groups in total. The van der Waals surface area contributed by atoms with Gasteiger partial charge in [-0.1, -0.05) is 36.4 Å². The number of rotatable bonds is 6. The normalized spacial score (nSPS) is 20.5. The van der Waals surface area contributed by atoms with E-state index in [0.717, 1.165) is 16.8 Å². The van der Waals surface area contributed by atoms with Gasteiger partial charge >= 0.3 is 6.03 Å². The van der Waals surface area contributed by atoms with E-state index in [0.29, 0.717) is 25.2 Å². The van der Waals surface area contributed by atoms with Crippen molar-refractivity contribution in [1.82, 2.24) is 30.2 Å². The van der Waals surface area contributed by atoms with Crippen LogP contribution >= 0.6 is 0 Å². The van der Waals surface area contributed by atoms with E-state index in [4.69, 9.17) is 4.74 Å². The maximum atomic E-state index is 14.5. The van der Waals surface area contributed by atoms with Gasteiger partial charge in [0.25, 0.3) is 5.91 Å². The highest BCUT2D eigenvalue weighted by atomic mass is 19.1. The van der Waals surface area contributed by atoms with Crippen molar-refractivity contribution in [2.45, 2.75) is 37.4 Å². The van der Waals surface area contributed by atoms with Crippen LogP contribution < -0.4 is 20.7 Å². The SMILES string of the molecule is CN(C)CCNC(=O)C1CCC(=O)N(C)CC(=O)N2CC(NC(=O)Nc3cccc4ccccc34)CC2COc2ccc(F)cc2C(=O)N1C. The Kier molecular flexibility index (Phi) is 11.5. The molecule has 6 amide bonds. The molecule has 1 fully saturated rings. The number of nitrogens with zero attached hydrogens (tertiary/aromatic N) is 4. The molecule has 0 aliphatic carbocycles. The number of likely N-dealkylation sites (N-methyl/N-ethyl adjacent to an activating group) is 3. The zero-order chi connectivity index (χ0) is 35.9. The first-order valence-corrected chi connectivity index (χ1v) is 16.6. The number of anilines is 1. The summed E-state index contributed by atoms with van der Waals surface area (Å²) < 4.78 is 20.7. The first-order chi connectivity index (χ1) is 23.9. The molecule has 0 radical (unpaired) electrons. The minimum absolute atomic E-state index is 0.0247. The van der Waals surface area contributed by atoms with Gasteiger partial charge in [-0.25, -0.2) is 9.18 Å². The molecule has 2 heterocycles. The van der Waals surface area contributed by atoms with Crippen LogP contribution in [0.3, 0.4) is 0 Å². The Morgan fingerprint density at radius 1 is 1.00 bits per heavy atom. The van der Waals surface area contributed by atoms with Gasteiger partial charge in [-0.2, -0.15) is 0 Å². The van der Waals surface area contributed by atoms with Crippen molar-refractivity contribution in [2.75, 3.05) is 66.3 Å². The number of amides is 6. The molecule has 0 aromatic heterocycles. The van der Waals surface area contributed by atoms with Crippen molar-refractivity contribution in [3.8, 4) is 5.75 Å². The second-order valence-electron chi connectivity index (χ2n) is 13.0. The van der Waals surface area contributed by atoms with E-state index in [-0.39, 0.29) is 55.7 Å². The summed E-state index contributed by atoms with van der Waals surface area (Å²) in [5.41, 5.74) is 0.539. The zero-order valence-corrected chi connectivity index (χ0v) is 28.8. The molecule has 3 unspecified atom stereocenters. The number of hydrogen-bond acceptors (Lipinski definition) is 7. The maximum Gasteiger partial charge on any atom is 0.319 e. The van der Waals surface area contributed by atoms with Crippen LogP contribution in [-0.2, 0) is 14.4 Å². The van der Waals surface area contributed by atoms with E-state index < -0.39 is 41.8 Å². The third-order valence-electron chi connectivity index (χ3n) is 9.09. The van der Waals surface area contributed by atoms with Gasteiger partial charge in [-0.05, 0) is 56.6 Å². The lowest BCUT2D eigenvalue weighted by molar-refractivity contribution is -0.140. The van der Waals surface area contributed by atoms with E-state index in [2.05, 4.69) is 16.0 Å². The molecule has 2 aliphatic heterocycles. The largest absolute Gasteiger partial charge is 0.491 e. The number of benzene rings is 3. The number of hydrogen-bond donors (Lipinski definition) is 3. The lowest BCUT2D eigenvalue weighted by atomic mass is 10.1. The predicted molar refractivity (Wildman–Crippen MR) is 186 cm³/mol. The fraction of sp³-hybridized carbons (Fsp3) is 0.417. The van der Waals surface area contributed by atoms with E-state index in [1.807, 2.05) is 61.5 Å². The number of fused-ring (bicyclic) bond motifs is 3. The number of urea groups is 1. The maximum absolute atomic E-state index is 14.5. The van der Waals surface area contributed by atoms with Gasteiger partial charge in [0.15, 0.2) is 0 Å². The molecular weight excluding hydrogens is 645 g/mol. The number of carbonyl (C=O) groups excluding carboxylic acids is 5. The molecule has 3 aromatic carbocycles. The monoisotopic (exact) mass is 689 g/mol. The third kappa shape index (κ3) is 8.67. The number of nitrogens with one attached hydrogen (secondary N) is 3. The summed E-state index contributed by atoms with van der Waals surface area (Å²) in [4.78, 5) is 73.1. The van der Waals surface area contributed by atoms with Crippen LogP contribution in [-0.4, -0.2) is 128 Å². The Morgan fingerprint density at radius 2 is 1.76 bits per heavy atom.